The summed E-state index contributed by atoms with van der Waals surface area (Å²) >= 11 is 0. The number of nitrogens with one attached hydrogen (secondary N) is 1. The number of rotatable bonds is 6. The quantitative estimate of drug-likeness (QED) is 0.762. The smallest absolute Gasteiger partial charge is 0.409 e. The van der Waals surface area contributed by atoms with Gasteiger partial charge in [-0.05, 0) is 50.3 Å². The number of hydrogen-bond donors (Lipinski definition) is 1. The van der Waals surface area contributed by atoms with E-state index in [1.165, 1.54) is 26.9 Å². The number of benzene rings is 1. The van der Waals surface area contributed by atoms with Crippen molar-refractivity contribution in [1.82, 2.24) is 10.2 Å². The van der Waals surface area contributed by atoms with E-state index < -0.39 is 0 Å². The summed E-state index contributed by atoms with van der Waals surface area (Å²) in [4.78, 5) is 25.8. The van der Waals surface area contributed by atoms with Crippen molar-refractivity contribution >= 4 is 12.0 Å². The molecule has 0 spiro atoms. The van der Waals surface area contributed by atoms with Gasteiger partial charge in [0.05, 0.1) is 20.3 Å². The minimum atomic E-state index is -0.362. The van der Waals surface area contributed by atoms with Crippen molar-refractivity contribution in [3.8, 4) is 11.5 Å². The highest BCUT2D eigenvalue weighted by Crippen LogP contribution is 2.47. The summed E-state index contributed by atoms with van der Waals surface area (Å²) in [5, 5.41) is 3.02. The third-order valence-corrected chi connectivity index (χ3v) is 6.76. The molecule has 30 heavy (non-hydrogen) atoms. The monoisotopic (exact) mass is 418 g/mol. The SMILES string of the molecule is COC(=O)N1CC(c2ccc(OC)c(OC3CCCC3)c2)C(C)([C@H](C)NC(C)=O)C1. The maximum Gasteiger partial charge on any atom is 0.409 e. The predicted octanol–water partition coefficient (Wildman–Crippen LogP) is 3.71. The highest BCUT2D eigenvalue weighted by Gasteiger charge is 2.49. The van der Waals surface area contributed by atoms with Crippen LogP contribution in [0.3, 0.4) is 0 Å². The minimum Gasteiger partial charge on any atom is -0.493 e. The average Bonchev–Trinajstić information content (AvgIpc) is 3.35. The molecule has 7 heteroatoms. The molecule has 166 valence electrons. The van der Waals surface area contributed by atoms with E-state index in [0.29, 0.717) is 18.8 Å². The van der Waals surface area contributed by atoms with Crippen LogP contribution in [-0.4, -0.2) is 56.4 Å². The van der Waals surface area contributed by atoms with Gasteiger partial charge < -0.3 is 24.4 Å². The van der Waals surface area contributed by atoms with E-state index in [2.05, 4.69) is 12.2 Å². The van der Waals surface area contributed by atoms with Gasteiger partial charge in [-0.3, -0.25) is 4.79 Å². The van der Waals surface area contributed by atoms with Crippen LogP contribution >= 0.6 is 0 Å². The number of methoxy groups -OCH3 is 2. The lowest BCUT2D eigenvalue weighted by molar-refractivity contribution is -0.120. The first-order valence-corrected chi connectivity index (χ1v) is 10.7. The Labute approximate surface area is 179 Å². The molecule has 1 aliphatic carbocycles. The standard InChI is InChI=1S/C23H34N2O5/c1-15(24-16(2)26)23(3)14-25(22(27)29-5)13-19(23)17-10-11-20(28-4)21(12-17)30-18-8-6-7-9-18/h10-12,15,18-19H,6-9,13-14H2,1-5H3,(H,24,26)/t15-,19?,23?/m0/s1. The number of amides is 2. The van der Waals surface area contributed by atoms with Gasteiger partial charge in [0.1, 0.15) is 0 Å². The van der Waals surface area contributed by atoms with Gasteiger partial charge in [-0.15, -0.1) is 0 Å². The van der Waals surface area contributed by atoms with Crippen molar-refractivity contribution in [2.75, 3.05) is 27.3 Å². The third kappa shape index (κ3) is 4.50. The Kier molecular flexibility index (Phi) is 6.78. The molecule has 1 saturated heterocycles. The molecule has 7 nitrogen and oxygen atoms in total. The maximum absolute atomic E-state index is 12.3. The molecule has 0 bridgehead atoms. The molecule has 3 atom stereocenters. The van der Waals surface area contributed by atoms with Gasteiger partial charge in [-0.2, -0.15) is 0 Å². The number of carbonyl (C=O) groups is 2. The highest BCUT2D eigenvalue weighted by atomic mass is 16.5. The number of likely N-dealkylation sites (tertiary alicyclic amines) is 1. The van der Waals surface area contributed by atoms with Crippen LogP contribution in [0.15, 0.2) is 18.2 Å². The average molecular weight is 419 g/mol. The maximum atomic E-state index is 12.3. The van der Waals surface area contributed by atoms with E-state index in [1.54, 1.807) is 12.0 Å². The molecule has 2 aliphatic rings. The summed E-state index contributed by atoms with van der Waals surface area (Å²) < 4.78 is 16.8. The number of hydrogen-bond acceptors (Lipinski definition) is 5. The molecular weight excluding hydrogens is 384 g/mol. The molecule has 1 aromatic rings. The number of carbonyl (C=O) groups excluding carboxylic acids is 2. The lowest BCUT2D eigenvalue weighted by Crippen LogP contribution is -2.47. The third-order valence-electron chi connectivity index (χ3n) is 6.76. The normalized spacial score (nSPS) is 25.1. The molecule has 2 amide bonds. The van der Waals surface area contributed by atoms with Crippen molar-refractivity contribution in [3.05, 3.63) is 23.8 Å². The molecule has 3 rings (SSSR count). The van der Waals surface area contributed by atoms with E-state index in [4.69, 9.17) is 14.2 Å². The van der Waals surface area contributed by atoms with E-state index in [9.17, 15) is 9.59 Å². The van der Waals surface area contributed by atoms with Crippen LogP contribution in [0.1, 0.15) is 57.9 Å². The Bertz CT molecular complexity index is 777. The zero-order chi connectivity index (χ0) is 21.9. The van der Waals surface area contributed by atoms with Crippen molar-refractivity contribution in [1.29, 1.82) is 0 Å². The molecular formula is C23H34N2O5. The Morgan fingerprint density at radius 1 is 1.20 bits per heavy atom. The van der Waals surface area contributed by atoms with E-state index in [1.807, 2.05) is 25.1 Å². The van der Waals surface area contributed by atoms with Gasteiger partial charge in [0, 0.05) is 37.4 Å². The van der Waals surface area contributed by atoms with Crippen LogP contribution in [-0.2, 0) is 9.53 Å². The highest BCUT2D eigenvalue weighted by molar-refractivity contribution is 5.73. The van der Waals surface area contributed by atoms with Gasteiger partial charge in [0.2, 0.25) is 5.91 Å². The Balaban J connectivity index is 1.94. The zero-order valence-corrected chi connectivity index (χ0v) is 18.7. The molecule has 1 aliphatic heterocycles. The van der Waals surface area contributed by atoms with Crippen molar-refractivity contribution in [2.45, 2.75) is 64.5 Å². The van der Waals surface area contributed by atoms with Crippen molar-refractivity contribution in [2.24, 2.45) is 5.41 Å². The van der Waals surface area contributed by atoms with Gasteiger partial charge in [-0.1, -0.05) is 13.0 Å². The van der Waals surface area contributed by atoms with Crippen LogP contribution in [0.25, 0.3) is 0 Å². The first-order chi connectivity index (χ1) is 14.3. The van der Waals surface area contributed by atoms with Crippen LogP contribution in [0.2, 0.25) is 0 Å². The Morgan fingerprint density at radius 3 is 2.50 bits per heavy atom. The number of nitrogens with zero attached hydrogens (tertiary/aromatic N) is 1. The molecule has 1 aromatic carbocycles. The summed E-state index contributed by atoms with van der Waals surface area (Å²) in [6.07, 6.45) is 4.36. The molecule has 1 N–H and O–H groups in total. The lowest BCUT2D eigenvalue weighted by atomic mass is 9.71. The summed E-state index contributed by atoms with van der Waals surface area (Å²) in [6, 6.07) is 5.88. The molecule has 0 aromatic heterocycles. The second kappa shape index (κ2) is 9.14. The first kappa shape index (κ1) is 22.2. The van der Waals surface area contributed by atoms with Gasteiger partial charge in [0.25, 0.3) is 0 Å². The fourth-order valence-corrected chi connectivity index (χ4v) is 4.87. The summed E-state index contributed by atoms with van der Waals surface area (Å²) in [5.74, 6) is 1.38. The van der Waals surface area contributed by atoms with Crippen LogP contribution in [0, 0.1) is 5.41 Å². The Hall–Kier alpha value is -2.44. The molecule has 2 fully saturated rings. The van der Waals surface area contributed by atoms with Gasteiger partial charge >= 0.3 is 6.09 Å². The zero-order valence-electron chi connectivity index (χ0n) is 18.7. The van der Waals surface area contributed by atoms with Crippen LogP contribution in [0.4, 0.5) is 4.79 Å². The fourth-order valence-electron chi connectivity index (χ4n) is 4.87. The largest absolute Gasteiger partial charge is 0.493 e. The Morgan fingerprint density at radius 2 is 1.90 bits per heavy atom. The summed E-state index contributed by atoms with van der Waals surface area (Å²) in [7, 11) is 3.04. The molecule has 2 unspecified atom stereocenters. The molecule has 0 radical (unpaired) electrons. The summed E-state index contributed by atoms with van der Waals surface area (Å²) in [6.45, 7) is 6.64. The van der Waals surface area contributed by atoms with Crippen molar-refractivity contribution < 1.29 is 23.8 Å². The predicted molar refractivity (Wildman–Crippen MR) is 114 cm³/mol. The van der Waals surface area contributed by atoms with Gasteiger partial charge in [0.15, 0.2) is 11.5 Å². The van der Waals surface area contributed by atoms with E-state index in [-0.39, 0.29) is 35.5 Å². The first-order valence-electron chi connectivity index (χ1n) is 10.7. The second-order valence-electron chi connectivity index (χ2n) is 8.77. The lowest BCUT2D eigenvalue weighted by Gasteiger charge is -2.37. The fraction of sp³-hybridized carbons (Fsp3) is 0.652. The molecule has 1 heterocycles. The second-order valence-corrected chi connectivity index (χ2v) is 8.77. The van der Waals surface area contributed by atoms with Crippen LogP contribution < -0.4 is 14.8 Å². The van der Waals surface area contributed by atoms with E-state index >= 15 is 0 Å². The van der Waals surface area contributed by atoms with E-state index in [0.717, 1.165) is 24.2 Å². The minimum absolute atomic E-state index is 0.00952. The van der Waals surface area contributed by atoms with Gasteiger partial charge in [-0.25, -0.2) is 4.79 Å². The number of ether oxygens (including phenoxy) is 3. The topological polar surface area (TPSA) is 77.1 Å². The van der Waals surface area contributed by atoms with Crippen molar-refractivity contribution in [3.63, 3.8) is 0 Å². The van der Waals surface area contributed by atoms with Crippen LogP contribution in [0.5, 0.6) is 11.5 Å². The molecule has 1 saturated carbocycles. The summed E-state index contributed by atoms with van der Waals surface area (Å²) in [5.41, 5.74) is 0.703.